The van der Waals surface area contributed by atoms with Gasteiger partial charge in [-0.05, 0) is 72.6 Å². The number of nitrogens with one attached hydrogen (secondary N) is 1. The standard InChI is InChI=1S/C26H23BrFN3O3S/c1-34-22-12-2-17(3-13-22)14-15-31-24(32)16-23(25(33)29-20-8-4-18(27)5-9-20)35-26(31)30-21-10-6-19(28)7-11-21/h2-13,23H,14-16H2,1H3,(H,29,33). The minimum atomic E-state index is -0.636. The second-order valence-corrected chi connectivity index (χ2v) is 9.91. The molecule has 1 N–H and O–H groups in total. The molecule has 9 heteroatoms. The maximum atomic E-state index is 13.4. The van der Waals surface area contributed by atoms with Crippen molar-refractivity contribution in [2.75, 3.05) is 19.0 Å². The zero-order chi connectivity index (χ0) is 24.8. The van der Waals surface area contributed by atoms with E-state index in [4.69, 9.17) is 4.74 Å². The third kappa shape index (κ3) is 6.70. The second-order valence-electron chi connectivity index (χ2n) is 7.82. The SMILES string of the molecule is COc1ccc(CCN2C(=O)CC(C(=O)Nc3ccc(Br)cc3)SC2=Nc2ccc(F)cc2)cc1. The van der Waals surface area contributed by atoms with Crippen molar-refractivity contribution < 1.29 is 18.7 Å². The van der Waals surface area contributed by atoms with Crippen LogP contribution in [0.2, 0.25) is 0 Å². The van der Waals surface area contributed by atoms with Gasteiger partial charge in [-0.1, -0.05) is 39.8 Å². The largest absolute Gasteiger partial charge is 0.497 e. The highest BCUT2D eigenvalue weighted by atomic mass is 79.9. The van der Waals surface area contributed by atoms with Crippen LogP contribution in [0, 0.1) is 5.82 Å². The lowest BCUT2D eigenvalue weighted by molar-refractivity contribution is -0.129. The molecule has 3 aromatic carbocycles. The fourth-order valence-corrected chi connectivity index (χ4v) is 4.87. The molecule has 2 amide bonds. The van der Waals surface area contributed by atoms with Gasteiger partial charge in [0.05, 0.1) is 12.8 Å². The molecular weight excluding hydrogens is 533 g/mol. The van der Waals surface area contributed by atoms with Crippen LogP contribution in [0.4, 0.5) is 15.8 Å². The molecule has 0 spiro atoms. The van der Waals surface area contributed by atoms with Crippen molar-refractivity contribution in [1.82, 2.24) is 4.90 Å². The van der Waals surface area contributed by atoms with Crippen molar-refractivity contribution >= 4 is 56.0 Å². The summed E-state index contributed by atoms with van der Waals surface area (Å²) in [6, 6.07) is 20.6. The van der Waals surface area contributed by atoms with Crippen molar-refractivity contribution in [1.29, 1.82) is 0 Å². The summed E-state index contributed by atoms with van der Waals surface area (Å²) in [7, 11) is 1.61. The van der Waals surface area contributed by atoms with E-state index in [2.05, 4.69) is 26.2 Å². The normalized spacial score (nSPS) is 16.9. The van der Waals surface area contributed by atoms with Gasteiger partial charge in [-0.3, -0.25) is 14.5 Å². The lowest BCUT2D eigenvalue weighted by atomic mass is 10.1. The summed E-state index contributed by atoms with van der Waals surface area (Å²) < 4.78 is 19.5. The molecule has 180 valence electrons. The van der Waals surface area contributed by atoms with Crippen molar-refractivity contribution in [3.8, 4) is 5.75 Å². The number of rotatable bonds is 7. The molecule has 1 aliphatic rings. The smallest absolute Gasteiger partial charge is 0.238 e. The van der Waals surface area contributed by atoms with E-state index in [0.717, 1.165) is 15.8 Å². The predicted molar refractivity (Wildman–Crippen MR) is 141 cm³/mol. The molecule has 6 nitrogen and oxygen atoms in total. The van der Waals surface area contributed by atoms with Crippen molar-refractivity contribution in [2.24, 2.45) is 4.99 Å². The monoisotopic (exact) mass is 555 g/mol. The zero-order valence-corrected chi connectivity index (χ0v) is 21.3. The van der Waals surface area contributed by atoms with E-state index in [1.165, 1.54) is 23.9 Å². The van der Waals surface area contributed by atoms with Crippen LogP contribution in [-0.2, 0) is 16.0 Å². The highest BCUT2D eigenvalue weighted by Crippen LogP contribution is 2.30. The van der Waals surface area contributed by atoms with Gasteiger partial charge in [0.25, 0.3) is 0 Å². The fourth-order valence-electron chi connectivity index (χ4n) is 3.48. The van der Waals surface area contributed by atoms with Gasteiger partial charge >= 0.3 is 0 Å². The third-order valence-electron chi connectivity index (χ3n) is 5.38. The molecule has 0 bridgehead atoms. The first kappa shape index (κ1) is 24.9. The maximum Gasteiger partial charge on any atom is 0.238 e. The molecule has 0 radical (unpaired) electrons. The Hall–Kier alpha value is -3.17. The van der Waals surface area contributed by atoms with Gasteiger partial charge < -0.3 is 10.1 Å². The van der Waals surface area contributed by atoms with E-state index in [-0.39, 0.29) is 24.1 Å². The molecule has 3 aromatic rings. The predicted octanol–water partition coefficient (Wildman–Crippen LogP) is 5.80. The van der Waals surface area contributed by atoms with Crippen LogP contribution < -0.4 is 10.1 Å². The Kier molecular flexibility index (Phi) is 8.20. The molecule has 1 aliphatic heterocycles. The molecule has 1 heterocycles. The molecule has 4 rings (SSSR count). The van der Waals surface area contributed by atoms with Crippen LogP contribution in [0.15, 0.2) is 82.3 Å². The fraction of sp³-hybridized carbons (Fsp3) is 0.192. The number of anilines is 1. The topological polar surface area (TPSA) is 71.0 Å². The summed E-state index contributed by atoms with van der Waals surface area (Å²) in [5.41, 5.74) is 2.19. The van der Waals surface area contributed by atoms with Gasteiger partial charge in [0.1, 0.15) is 16.8 Å². The van der Waals surface area contributed by atoms with Crippen molar-refractivity contribution in [3.05, 3.63) is 88.6 Å². The molecule has 35 heavy (non-hydrogen) atoms. The van der Waals surface area contributed by atoms with E-state index < -0.39 is 5.25 Å². The Bertz CT molecular complexity index is 1220. The molecule has 0 aromatic heterocycles. The summed E-state index contributed by atoms with van der Waals surface area (Å²) in [6.07, 6.45) is 0.659. The molecule has 0 saturated carbocycles. The number of carbonyl (C=O) groups excluding carboxylic acids is 2. The minimum Gasteiger partial charge on any atom is -0.497 e. The average molecular weight is 556 g/mol. The molecule has 1 saturated heterocycles. The Morgan fingerprint density at radius 2 is 1.80 bits per heavy atom. The zero-order valence-electron chi connectivity index (χ0n) is 18.9. The Morgan fingerprint density at radius 1 is 1.11 bits per heavy atom. The van der Waals surface area contributed by atoms with Crippen LogP contribution in [0.3, 0.4) is 0 Å². The first-order chi connectivity index (χ1) is 16.9. The second kappa shape index (κ2) is 11.5. The highest BCUT2D eigenvalue weighted by molar-refractivity contribution is 9.10. The van der Waals surface area contributed by atoms with Gasteiger partial charge in [-0.25, -0.2) is 9.38 Å². The van der Waals surface area contributed by atoms with Gasteiger partial charge in [-0.15, -0.1) is 0 Å². The first-order valence-electron chi connectivity index (χ1n) is 10.9. The third-order valence-corrected chi connectivity index (χ3v) is 7.09. The first-order valence-corrected chi connectivity index (χ1v) is 12.6. The van der Waals surface area contributed by atoms with Crippen molar-refractivity contribution in [2.45, 2.75) is 18.1 Å². The maximum absolute atomic E-state index is 13.4. The van der Waals surface area contributed by atoms with Crippen LogP contribution >= 0.6 is 27.7 Å². The van der Waals surface area contributed by atoms with Gasteiger partial charge in [-0.2, -0.15) is 0 Å². The van der Waals surface area contributed by atoms with Crippen molar-refractivity contribution in [3.63, 3.8) is 0 Å². The number of halogens is 2. The number of methoxy groups -OCH3 is 1. The van der Waals surface area contributed by atoms with Gasteiger partial charge in [0.15, 0.2) is 5.17 Å². The molecule has 0 aliphatic carbocycles. The van der Waals surface area contributed by atoms with Crippen LogP contribution in [0.1, 0.15) is 12.0 Å². The number of amides is 2. The van der Waals surface area contributed by atoms with E-state index in [0.29, 0.717) is 29.5 Å². The minimum absolute atomic E-state index is 0.0536. The Morgan fingerprint density at radius 3 is 2.46 bits per heavy atom. The number of thioether (sulfide) groups is 1. The van der Waals surface area contributed by atoms with Crippen LogP contribution in [0.25, 0.3) is 0 Å². The lowest BCUT2D eigenvalue weighted by Crippen LogP contribution is -2.46. The summed E-state index contributed by atoms with van der Waals surface area (Å²) in [6.45, 7) is 0.402. The van der Waals surface area contributed by atoms with Crippen LogP contribution in [-0.4, -0.2) is 40.8 Å². The molecule has 1 atom stereocenters. The van der Waals surface area contributed by atoms with Crippen LogP contribution in [0.5, 0.6) is 5.75 Å². The summed E-state index contributed by atoms with van der Waals surface area (Å²) in [4.78, 5) is 32.3. The summed E-state index contributed by atoms with van der Waals surface area (Å²) in [5, 5.41) is 2.64. The van der Waals surface area contributed by atoms with E-state index >= 15 is 0 Å². The Labute approximate surface area is 215 Å². The molecule has 1 unspecified atom stereocenters. The number of hydrogen-bond donors (Lipinski definition) is 1. The number of aliphatic imine (C=N–C) groups is 1. The number of hydrogen-bond acceptors (Lipinski definition) is 5. The number of amidine groups is 1. The number of carbonyl (C=O) groups is 2. The van der Waals surface area contributed by atoms with Gasteiger partial charge in [0.2, 0.25) is 11.8 Å². The van der Waals surface area contributed by atoms with E-state index in [9.17, 15) is 14.0 Å². The summed E-state index contributed by atoms with van der Waals surface area (Å²) in [5.74, 6) is -0.0673. The molecular formula is C26H23BrFN3O3S. The molecule has 1 fully saturated rings. The van der Waals surface area contributed by atoms with E-state index in [1.807, 2.05) is 36.4 Å². The Balaban J connectivity index is 1.53. The summed E-state index contributed by atoms with van der Waals surface area (Å²) >= 11 is 4.61. The number of ether oxygens (including phenoxy) is 1. The lowest BCUT2D eigenvalue weighted by Gasteiger charge is -2.32. The quantitative estimate of drug-likeness (QED) is 0.400. The number of benzene rings is 3. The van der Waals surface area contributed by atoms with E-state index in [1.54, 1.807) is 36.3 Å². The average Bonchev–Trinajstić information content (AvgIpc) is 2.86. The van der Waals surface area contributed by atoms with Gasteiger partial charge in [0, 0.05) is 23.1 Å². The number of nitrogens with zero attached hydrogens (tertiary/aromatic N) is 2. The highest BCUT2D eigenvalue weighted by Gasteiger charge is 2.35.